The Morgan fingerprint density at radius 1 is 1.58 bits per heavy atom. The molecule has 67 valence electrons. The van der Waals surface area contributed by atoms with E-state index in [1.54, 1.807) is 0 Å². The van der Waals surface area contributed by atoms with Gasteiger partial charge in [0.05, 0.1) is 5.41 Å². The van der Waals surface area contributed by atoms with Gasteiger partial charge in [0.25, 0.3) is 0 Å². The lowest BCUT2D eigenvalue weighted by molar-refractivity contribution is -0.125. The second-order valence-corrected chi connectivity index (χ2v) is 3.95. The summed E-state index contributed by atoms with van der Waals surface area (Å²) in [4.78, 5) is 11.2. The number of hydrogen-bond donors (Lipinski definition) is 2. The third kappa shape index (κ3) is 1.12. The number of carbonyl (C=O) groups is 1. The molecule has 0 aromatic heterocycles. The molecule has 2 atom stereocenters. The predicted octanol–water partition coefficient (Wildman–Crippen LogP) is 0.0657. The number of hydrogen-bond acceptors (Lipinski definition) is 2. The van der Waals surface area contributed by atoms with E-state index in [2.05, 4.69) is 11.7 Å². The molecular weight excluding hydrogens is 152 g/mol. The molecule has 1 saturated carbocycles. The van der Waals surface area contributed by atoms with E-state index in [1.807, 2.05) is 0 Å². The van der Waals surface area contributed by atoms with Gasteiger partial charge in [0.2, 0.25) is 5.91 Å². The van der Waals surface area contributed by atoms with Gasteiger partial charge in [-0.25, -0.2) is 0 Å². The molecule has 1 radical (unpaired) electrons. The second-order valence-electron chi connectivity index (χ2n) is 3.95. The van der Waals surface area contributed by atoms with Gasteiger partial charge in [-0.1, -0.05) is 0 Å². The highest BCUT2D eigenvalue weighted by Crippen LogP contribution is 2.42. The standard InChI is InChI=1S/C9H15N2O/c10-8(12)9-3-1-7(5-9)2-4-11-6-9/h5,7,11H,1-4,6H2,(H2,10,12). The summed E-state index contributed by atoms with van der Waals surface area (Å²) in [6.45, 7) is 1.77. The number of fused-ring (bicyclic) bond motifs is 2. The molecule has 0 aromatic rings. The fraction of sp³-hybridized carbons (Fsp3) is 0.778. The first-order valence-corrected chi connectivity index (χ1v) is 4.60. The molecule has 2 unspecified atom stereocenters. The third-order valence-electron chi connectivity index (χ3n) is 3.14. The topological polar surface area (TPSA) is 55.1 Å². The average molecular weight is 167 g/mol. The van der Waals surface area contributed by atoms with Crippen molar-refractivity contribution < 1.29 is 4.79 Å². The van der Waals surface area contributed by atoms with Crippen molar-refractivity contribution in [2.45, 2.75) is 19.3 Å². The maximum Gasteiger partial charge on any atom is 0.225 e. The van der Waals surface area contributed by atoms with Gasteiger partial charge in [-0.05, 0) is 38.1 Å². The SMILES string of the molecule is NC(=O)C12[CH]C(CCNC1)CC2. The summed E-state index contributed by atoms with van der Waals surface area (Å²) in [6.07, 6.45) is 5.43. The Morgan fingerprint density at radius 3 is 3.17 bits per heavy atom. The molecule has 2 fully saturated rings. The molecule has 2 aliphatic rings. The zero-order valence-corrected chi connectivity index (χ0v) is 7.18. The van der Waals surface area contributed by atoms with Crippen LogP contribution in [0.25, 0.3) is 0 Å². The number of nitrogens with one attached hydrogen (secondary N) is 1. The summed E-state index contributed by atoms with van der Waals surface area (Å²) >= 11 is 0. The second kappa shape index (κ2) is 2.73. The van der Waals surface area contributed by atoms with Gasteiger partial charge in [0.15, 0.2) is 0 Å². The number of rotatable bonds is 1. The van der Waals surface area contributed by atoms with Crippen LogP contribution >= 0.6 is 0 Å². The first kappa shape index (κ1) is 8.05. The van der Waals surface area contributed by atoms with E-state index in [0.29, 0.717) is 5.92 Å². The summed E-state index contributed by atoms with van der Waals surface area (Å²) in [5.74, 6) is 0.465. The van der Waals surface area contributed by atoms with Crippen molar-refractivity contribution in [3.05, 3.63) is 6.42 Å². The van der Waals surface area contributed by atoms with Crippen LogP contribution in [0.1, 0.15) is 19.3 Å². The molecular formula is C9H15N2O. The Balaban J connectivity index is 2.18. The molecule has 2 bridgehead atoms. The lowest BCUT2D eigenvalue weighted by Gasteiger charge is -2.23. The van der Waals surface area contributed by atoms with Gasteiger partial charge in [0, 0.05) is 6.54 Å². The van der Waals surface area contributed by atoms with Crippen LogP contribution in [0.4, 0.5) is 0 Å². The van der Waals surface area contributed by atoms with Crippen LogP contribution in [0.15, 0.2) is 0 Å². The summed E-state index contributed by atoms with van der Waals surface area (Å²) in [6, 6.07) is 0. The average Bonchev–Trinajstić information content (AvgIpc) is 2.27. The normalized spacial score (nSPS) is 40.8. The maximum atomic E-state index is 11.2. The fourth-order valence-corrected chi connectivity index (χ4v) is 2.33. The minimum atomic E-state index is -0.318. The van der Waals surface area contributed by atoms with Gasteiger partial charge >= 0.3 is 0 Å². The highest BCUT2D eigenvalue weighted by Gasteiger charge is 2.45. The van der Waals surface area contributed by atoms with E-state index in [9.17, 15) is 4.79 Å². The maximum absolute atomic E-state index is 11.2. The largest absolute Gasteiger partial charge is 0.369 e. The molecule has 0 spiro atoms. The minimum absolute atomic E-state index is 0.153. The van der Waals surface area contributed by atoms with Gasteiger partial charge in [-0.2, -0.15) is 0 Å². The molecule has 2 rings (SSSR count). The highest BCUT2D eigenvalue weighted by molar-refractivity contribution is 5.83. The fourth-order valence-electron chi connectivity index (χ4n) is 2.33. The van der Waals surface area contributed by atoms with E-state index in [4.69, 9.17) is 5.73 Å². The molecule has 1 aliphatic carbocycles. The van der Waals surface area contributed by atoms with Crippen molar-refractivity contribution >= 4 is 5.91 Å². The Labute approximate surface area is 72.7 Å². The highest BCUT2D eigenvalue weighted by atomic mass is 16.1. The zero-order valence-electron chi connectivity index (χ0n) is 7.18. The van der Waals surface area contributed by atoms with Crippen LogP contribution in [0, 0.1) is 17.8 Å². The number of carbonyl (C=O) groups excluding carboxylic acids is 1. The van der Waals surface area contributed by atoms with Crippen molar-refractivity contribution in [3.63, 3.8) is 0 Å². The van der Waals surface area contributed by atoms with Crippen LogP contribution in [-0.4, -0.2) is 19.0 Å². The summed E-state index contributed by atoms with van der Waals surface area (Å²) in [5.41, 5.74) is 5.08. The molecule has 1 heterocycles. The Kier molecular flexibility index (Phi) is 1.83. The minimum Gasteiger partial charge on any atom is -0.369 e. The van der Waals surface area contributed by atoms with Gasteiger partial charge in [0.1, 0.15) is 0 Å². The lowest BCUT2D eigenvalue weighted by atomic mass is 9.85. The molecule has 3 heteroatoms. The molecule has 1 saturated heterocycles. The first-order chi connectivity index (χ1) is 5.73. The first-order valence-electron chi connectivity index (χ1n) is 4.60. The van der Waals surface area contributed by atoms with E-state index in [-0.39, 0.29) is 11.3 Å². The molecule has 3 nitrogen and oxygen atoms in total. The quantitative estimate of drug-likeness (QED) is 0.580. The van der Waals surface area contributed by atoms with Crippen LogP contribution < -0.4 is 11.1 Å². The zero-order chi connectivity index (χ0) is 8.60. The van der Waals surface area contributed by atoms with E-state index < -0.39 is 0 Å². The van der Waals surface area contributed by atoms with Gasteiger partial charge < -0.3 is 11.1 Å². The third-order valence-corrected chi connectivity index (χ3v) is 3.14. The Morgan fingerprint density at radius 2 is 2.42 bits per heavy atom. The number of primary amides is 1. The van der Waals surface area contributed by atoms with Gasteiger partial charge in [-0.3, -0.25) is 4.79 Å². The van der Waals surface area contributed by atoms with E-state index >= 15 is 0 Å². The van der Waals surface area contributed by atoms with Crippen molar-refractivity contribution in [1.29, 1.82) is 0 Å². The van der Waals surface area contributed by atoms with Crippen molar-refractivity contribution in [2.24, 2.45) is 17.1 Å². The summed E-state index contributed by atoms with van der Waals surface area (Å²) in [7, 11) is 0. The van der Waals surface area contributed by atoms with Crippen LogP contribution in [0.5, 0.6) is 0 Å². The summed E-state index contributed by atoms with van der Waals surface area (Å²) in [5, 5.41) is 3.27. The molecule has 1 aliphatic heterocycles. The molecule has 1 amide bonds. The number of amides is 1. The van der Waals surface area contributed by atoms with Crippen molar-refractivity contribution in [1.82, 2.24) is 5.32 Å². The Bertz CT molecular complexity index is 205. The lowest BCUT2D eigenvalue weighted by Crippen LogP contribution is -2.42. The molecule has 0 aromatic carbocycles. The smallest absolute Gasteiger partial charge is 0.225 e. The summed E-state index contributed by atoms with van der Waals surface area (Å²) < 4.78 is 0. The monoisotopic (exact) mass is 167 g/mol. The van der Waals surface area contributed by atoms with E-state index in [1.165, 1.54) is 0 Å². The van der Waals surface area contributed by atoms with Crippen molar-refractivity contribution in [3.8, 4) is 0 Å². The van der Waals surface area contributed by atoms with Crippen LogP contribution in [0.2, 0.25) is 0 Å². The Hall–Kier alpha value is -0.570. The molecule has 3 N–H and O–H groups in total. The molecule has 12 heavy (non-hydrogen) atoms. The van der Waals surface area contributed by atoms with Crippen LogP contribution in [0.3, 0.4) is 0 Å². The predicted molar refractivity (Wildman–Crippen MR) is 46.1 cm³/mol. The van der Waals surface area contributed by atoms with Crippen LogP contribution in [-0.2, 0) is 4.79 Å². The van der Waals surface area contributed by atoms with Crippen molar-refractivity contribution in [2.75, 3.05) is 13.1 Å². The van der Waals surface area contributed by atoms with E-state index in [0.717, 1.165) is 32.4 Å². The van der Waals surface area contributed by atoms with Gasteiger partial charge in [-0.15, -0.1) is 0 Å². The number of nitrogens with two attached hydrogens (primary N) is 1.